The molecule has 3 aromatic rings. The van der Waals surface area contributed by atoms with Crippen LogP contribution in [0.4, 0.5) is 5.82 Å². The van der Waals surface area contributed by atoms with Crippen molar-refractivity contribution in [2.75, 3.05) is 18.4 Å². The number of amides is 1. The van der Waals surface area contributed by atoms with Gasteiger partial charge in [0.2, 0.25) is 5.91 Å². The van der Waals surface area contributed by atoms with Crippen LogP contribution in [0.3, 0.4) is 0 Å². The number of fused-ring (bicyclic) bond motifs is 1. The smallest absolute Gasteiger partial charge is 0.220 e. The van der Waals surface area contributed by atoms with Crippen molar-refractivity contribution in [3.05, 3.63) is 41.5 Å². The van der Waals surface area contributed by atoms with E-state index in [1.54, 1.807) is 17.7 Å². The van der Waals surface area contributed by atoms with Crippen LogP contribution in [0.15, 0.2) is 36.7 Å². The van der Waals surface area contributed by atoms with E-state index in [-0.39, 0.29) is 5.91 Å². The molecule has 0 unspecified atom stereocenters. The molecule has 25 heavy (non-hydrogen) atoms. The normalized spacial score (nSPS) is 10.8. The highest BCUT2D eigenvalue weighted by atomic mass is 32.1. The monoisotopic (exact) mass is 354 g/mol. The molecule has 0 aliphatic heterocycles. The maximum Gasteiger partial charge on any atom is 0.220 e. The number of carbonyl (C=O) groups excluding carboxylic acids is 1. The number of nitrogens with zero attached hydrogens (tertiary/aromatic N) is 2. The minimum atomic E-state index is 0.0912. The van der Waals surface area contributed by atoms with Crippen molar-refractivity contribution < 1.29 is 4.79 Å². The second-order valence-corrected chi connectivity index (χ2v) is 6.99. The number of benzene rings is 1. The molecule has 2 aromatic heterocycles. The van der Waals surface area contributed by atoms with Gasteiger partial charge in [0.1, 0.15) is 17.0 Å². The lowest BCUT2D eigenvalue weighted by atomic mass is 10.0. The van der Waals surface area contributed by atoms with Crippen LogP contribution in [-0.4, -0.2) is 29.0 Å². The van der Waals surface area contributed by atoms with Gasteiger partial charge in [0.25, 0.3) is 0 Å². The van der Waals surface area contributed by atoms with Crippen LogP contribution in [0.1, 0.15) is 24.6 Å². The first-order chi connectivity index (χ1) is 12.2. The number of hydrogen-bond donors (Lipinski definition) is 2. The molecule has 0 atom stereocenters. The maximum absolute atomic E-state index is 11.5. The summed E-state index contributed by atoms with van der Waals surface area (Å²) in [5.41, 5.74) is 2.36. The van der Waals surface area contributed by atoms with Gasteiger partial charge in [-0.25, -0.2) is 9.97 Å². The van der Waals surface area contributed by atoms with E-state index < -0.39 is 0 Å². The first-order valence-corrected chi connectivity index (χ1v) is 9.32. The number of hydrogen-bond acceptors (Lipinski definition) is 5. The summed E-state index contributed by atoms with van der Waals surface area (Å²) < 4.78 is 0. The lowest BCUT2D eigenvalue weighted by Gasteiger charge is -2.09. The molecular formula is C19H22N4OS. The highest BCUT2D eigenvalue weighted by Gasteiger charge is 2.16. The molecule has 0 radical (unpaired) electrons. The molecule has 0 saturated heterocycles. The molecule has 0 aliphatic carbocycles. The SMILES string of the molecule is CCNC(=O)CCCNc1ncnc2sc(C)c(-c3ccccc3)c12. The van der Waals surface area contributed by atoms with Crippen LogP contribution in [0.5, 0.6) is 0 Å². The predicted molar refractivity (Wildman–Crippen MR) is 104 cm³/mol. The lowest BCUT2D eigenvalue weighted by molar-refractivity contribution is -0.121. The fraction of sp³-hybridized carbons (Fsp3) is 0.316. The van der Waals surface area contributed by atoms with E-state index in [9.17, 15) is 4.79 Å². The van der Waals surface area contributed by atoms with Gasteiger partial charge in [0.05, 0.1) is 5.39 Å². The van der Waals surface area contributed by atoms with E-state index in [0.29, 0.717) is 19.5 Å². The third-order valence-electron chi connectivity index (χ3n) is 3.97. The van der Waals surface area contributed by atoms with Crippen LogP contribution in [0, 0.1) is 6.92 Å². The van der Waals surface area contributed by atoms with Gasteiger partial charge in [0.15, 0.2) is 0 Å². The Morgan fingerprint density at radius 3 is 2.76 bits per heavy atom. The predicted octanol–water partition coefficient (Wildman–Crippen LogP) is 3.99. The fourth-order valence-electron chi connectivity index (χ4n) is 2.87. The Labute approximate surface area is 151 Å². The number of anilines is 1. The van der Waals surface area contributed by atoms with E-state index in [2.05, 4.69) is 39.7 Å². The van der Waals surface area contributed by atoms with Crippen LogP contribution in [-0.2, 0) is 4.79 Å². The topological polar surface area (TPSA) is 66.9 Å². The van der Waals surface area contributed by atoms with E-state index in [1.807, 2.05) is 25.1 Å². The Morgan fingerprint density at radius 2 is 2.00 bits per heavy atom. The summed E-state index contributed by atoms with van der Waals surface area (Å²) in [5.74, 6) is 0.928. The molecule has 6 heteroatoms. The quantitative estimate of drug-likeness (QED) is 0.630. The molecule has 2 heterocycles. The van der Waals surface area contributed by atoms with Crippen molar-refractivity contribution >= 4 is 33.3 Å². The number of aryl methyl sites for hydroxylation is 1. The summed E-state index contributed by atoms with van der Waals surface area (Å²) in [5, 5.41) is 7.27. The van der Waals surface area contributed by atoms with Gasteiger partial charge in [-0.3, -0.25) is 4.79 Å². The summed E-state index contributed by atoms with van der Waals surface area (Å²) in [4.78, 5) is 22.6. The number of carbonyl (C=O) groups is 1. The third kappa shape index (κ3) is 3.96. The summed E-state index contributed by atoms with van der Waals surface area (Å²) in [6.45, 7) is 5.42. The summed E-state index contributed by atoms with van der Waals surface area (Å²) in [6.07, 6.45) is 2.88. The molecule has 0 bridgehead atoms. The molecule has 1 amide bonds. The summed E-state index contributed by atoms with van der Waals surface area (Å²) in [6, 6.07) is 10.3. The number of rotatable bonds is 7. The molecular weight excluding hydrogens is 332 g/mol. The Bertz CT molecular complexity index is 860. The Balaban J connectivity index is 1.83. The van der Waals surface area contributed by atoms with Gasteiger partial charge in [0, 0.05) is 30.0 Å². The summed E-state index contributed by atoms with van der Waals surface area (Å²) in [7, 11) is 0. The van der Waals surface area contributed by atoms with Crippen molar-refractivity contribution in [1.82, 2.24) is 15.3 Å². The molecule has 5 nitrogen and oxygen atoms in total. The van der Waals surface area contributed by atoms with Crippen LogP contribution < -0.4 is 10.6 Å². The zero-order valence-corrected chi connectivity index (χ0v) is 15.3. The second kappa shape index (κ2) is 8.07. The van der Waals surface area contributed by atoms with Crippen molar-refractivity contribution in [2.45, 2.75) is 26.7 Å². The third-order valence-corrected chi connectivity index (χ3v) is 4.99. The average molecular weight is 354 g/mol. The molecule has 0 spiro atoms. The Hall–Kier alpha value is -2.47. The van der Waals surface area contributed by atoms with Gasteiger partial charge in [-0.1, -0.05) is 30.3 Å². The van der Waals surface area contributed by atoms with Gasteiger partial charge in [-0.15, -0.1) is 11.3 Å². The highest BCUT2D eigenvalue weighted by molar-refractivity contribution is 7.19. The molecule has 2 N–H and O–H groups in total. The van der Waals surface area contributed by atoms with Crippen molar-refractivity contribution in [1.29, 1.82) is 0 Å². The Kier molecular flexibility index (Phi) is 5.60. The van der Waals surface area contributed by atoms with Crippen LogP contribution in [0.2, 0.25) is 0 Å². The standard InChI is InChI=1S/C19H22N4OS/c1-3-20-15(24)10-7-11-21-18-17-16(14-8-5-4-6-9-14)13(2)25-19(17)23-12-22-18/h4-6,8-9,12H,3,7,10-11H2,1-2H3,(H,20,24)(H,21,22,23). The van der Waals surface area contributed by atoms with Crippen molar-refractivity contribution in [2.24, 2.45) is 0 Å². The molecule has 0 fully saturated rings. The first kappa shape index (κ1) is 17.4. The van der Waals surface area contributed by atoms with Crippen LogP contribution >= 0.6 is 11.3 Å². The second-order valence-electron chi connectivity index (χ2n) is 5.79. The molecule has 0 aliphatic rings. The molecule has 3 rings (SSSR count). The number of aromatic nitrogens is 2. The van der Waals surface area contributed by atoms with Crippen molar-refractivity contribution in [3.63, 3.8) is 0 Å². The maximum atomic E-state index is 11.5. The molecule has 0 saturated carbocycles. The number of thiophene rings is 1. The van der Waals surface area contributed by atoms with E-state index in [0.717, 1.165) is 22.5 Å². The largest absolute Gasteiger partial charge is 0.369 e. The average Bonchev–Trinajstić information content (AvgIpc) is 2.96. The lowest BCUT2D eigenvalue weighted by Crippen LogP contribution is -2.23. The zero-order chi connectivity index (χ0) is 17.6. The van der Waals surface area contributed by atoms with E-state index in [1.165, 1.54) is 16.0 Å². The van der Waals surface area contributed by atoms with Gasteiger partial charge in [-0.2, -0.15) is 0 Å². The summed E-state index contributed by atoms with van der Waals surface area (Å²) >= 11 is 1.68. The van der Waals surface area contributed by atoms with Gasteiger partial charge >= 0.3 is 0 Å². The van der Waals surface area contributed by atoms with Gasteiger partial charge in [-0.05, 0) is 25.8 Å². The van der Waals surface area contributed by atoms with Gasteiger partial charge < -0.3 is 10.6 Å². The molecule has 130 valence electrons. The minimum absolute atomic E-state index is 0.0912. The van der Waals surface area contributed by atoms with Crippen LogP contribution in [0.25, 0.3) is 21.3 Å². The molecule has 1 aromatic carbocycles. The zero-order valence-electron chi connectivity index (χ0n) is 14.5. The first-order valence-electron chi connectivity index (χ1n) is 8.50. The highest BCUT2D eigenvalue weighted by Crippen LogP contribution is 2.40. The minimum Gasteiger partial charge on any atom is -0.369 e. The van der Waals surface area contributed by atoms with Crippen molar-refractivity contribution in [3.8, 4) is 11.1 Å². The van der Waals surface area contributed by atoms with E-state index >= 15 is 0 Å². The fourth-order valence-corrected chi connectivity index (χ4v) is 3.88. The number of nitrogens with one attached hydrogen (secondary N) is 2. The Morgan fingerprint density at radius 1 is 1.20 bits per heavy atom. The van der Waals surface area contributed by atoms with E-state index in [4.69, 9.17) is 0 Å².